The maximum absolute atomic E-state index is 12.3. The van der Waals surface area contributed by atoms with Crippen molar-refractivity contribution >= 4 is 11.9 Å². The molecule has 1 heterocycles. The second-order valence-corrected chi connectivity index (χ2v) is 4.84. The summed E-state index contributed by atoms with van der Waals surface area (Å²) in [5.74, 6) is 0.832. The number of hydrogen-bond acceptors (Lipinski definition) is 4. The fourth-order valence-electron chi connectivity index (χ4n) is 2.35. The number of Topliss-reactive ketones (excluding diaryl/α,β-unsaturated/α-hetero) is 1. The summed E-state index contributed by atoms with van der Waals surface area (Å²) in [6.07, 6.45) is 1.62. The van der Waals surface area contributed by atoms with E-state index in [4.69, 9.17) is 9.47 Å². The molecule has 0 spiro atoms. The zero-order valence-corrected chi connectivity index (χ0v) is 11.7. The number of aryl methyl sites for hydroxylation is 1. The molecule has 106 valence electrons. The summed E-state index contributed by atoms with van der Waals surface area (Å²) in [6.45, 7) is 1.83. The van der Waals surface area contributed by atoms with Crippen LogP contribution in [0, 0.1) is 6.92 Å². The second-order valence-electron chi connectivity index (χ2n) is 4.84. The zero-order valence-electron chi connectivity index (χ0n) is 11.7. The van der Waals surface area contributed by atoms with E-state index < -0.39 is 0 Å². The number of phenolic OH excluding ortho intramolecular Hbond substituents is 1. The quantitative estimate of drug-likeness (QED) is 0.858. The molecule has 21 heavy (non-hydrogen) atoms. The summed E-state index contributed by atoms with van der Waals surface area (Å²) in [7, 11) is 1.57. The lowest BCUT2D eigenvalue weighted by atomic mass is 10.1. The molecule has 2 aromatic carbocycles. The molecule has 0 bridgehead atoms. The van der Waals surface area contributed by atoms with Gasteiger partial charge in [-0.1, -0.05) is 18.2 Å². The largest absolute Gasteiger partial charge is 0.507 e. The summed E-state index contributed by atoms with van der Waals surface area (Å²) in [6, 6.07) is 10.6. The molecule has 4 heteroatoms. The number of carbonyl (C=O) groups is 1. The monoisotopic (exact) mass is 282 g/mol. The van der Waals surface area contributed by atoms with Gasteiger partial charge >= 0.3 is 0 Å². The topological polar surface area (TPSA) is 55.8 Å². The summed E-state index contributed by atoms with van der Waals surface area (Å²) in [4.78, 5) is 12.3. The highest BCUT2D eigenvalue weighted by Gasteiger charge is 2.31. The van der Waals surface area contributed by atoms with Gasteiger partial charge in [0.1, 0.15) is 22.8 Å². The lowest BCUT2D eigenvalue weighted by Crippen LogP contribution is -1.99. The smallest absolute Gasteiger partial charge is 0.235 e. The summed E-state index contributed by atoms with van der Waals surface area (Å²) < 4.78 is 10.8. The number of aromatic hydroxyl groups is 1. The van der Waals surface area contributed by atoms with Crippen molar-refractivity contribution in [1.82, 2.24) is 0 Å². The van der Waals surface area contributed by atoms with Gasteiger partial charge in [-0.25, -0.2) is 0 Å². The first-order valence-electron chi connectivity index (χ1n) is 6.51. The molecule has 1 aliphatic rings. The maximum atomic E-state index is 12.3. The number of carbonyl (C=O) groups excluding carboxylic acids is 1. The van der Waals surface area contributed by atoms with Gasteiger partial charge in [0, 0.05) is 5.56 Å². The Morgan fingerprint density at radius 3 is 2.76 bits per heavy atom. The van der Waals surface area contributed by atoms with Gasteiger partial charge < -0.3 is 14.6 Å². The number of rotatable bonds is 2. The Kier molecular flexibility index (Phi) is 3.14. The maximum Gasteiger partial charge on any atom is 0.235 e. The first-order chi connectivity index (χ1) is 10.1. The Bertz CT molecular complexity index is 759. The third kappa shape index (κ3) is 2.25. The van der Waals surface area contributed by atoms with E-state index in [1.54, 1.807) is 31.4 Å². The van der Waals surface area contributed by atoms with E-state index in [1.165, 1.54) is 0 Å². The van der Waals surface area contributed by atoms with Crippen LogP contribution < -0.4 is 9.47 Å². The highest BCUT2D eigenvalue weighted by atomic mass is 16.5. The molecule has 0 aliphatic carbocycles. The molecule has 2 aromatic rings. The van der Waals surface area contributed by atoms with Crippen molar-refractivity contribution in [3.8, 4) is 17.2 Å². The number of fused-ring (bicyclic) bond motifs is 1. The van der Waals surface area contributed by atoms with Gasteiger partial charge in [0.25, 0.3) is 0 Å². The Morgan fingerprint density at radius 1 is 1.24 bits per heavy atom. The van der Waals surface area contributed by atoms with E-state index in [-0.39, 0.29) is 22.9 Å². The van der Waals surface area contributed by atoms with Crippen LogP contribution in [0.5, 0.6) is 17.2 Å². The number of hydrogen-bond donors (Lipinski definition) is 1. The van der Waals surface area contributed by atoms with Crippen LogP contribution in [0.3, 0.4) is 0 Å². The van der Waals surface area contributed by atoms with Crippen molar-refractivity contribution in [1.29, 1.82) is 0 Å². The van der Waals surface area contributed by atoms with Gasteiger partial charge in [-0.3, -0.25) is 4.79 Å². The Labute approximate surface area is 122 Å². The molecule has 0 amide bonds. The Hall–Kier alpha value is -2.75. The van der Waals surface area contributed by atoms with Gasteiger partial charge in [-0.05, 0) is 36.8 Å². The molecule has 0 fully saturated rings. The van der Waals surface area contributed by atoms with Gasteiger partial charge in [-0.15, -0.1) is 0 Å². The molecule has 1 N–H and O–H groups in total. The summed E-state index contributed by atoms with van der Waals surface area (Å²) >= 11 is 0. The van der Waals surface area contributed by atoms with Gasteiger partial charge in [0.15, 0.2) is 5.76 Å². The molecule has 0 aromatic heterocycles. The highest BCUT2D eigenvalue weighted by molar-refractivity contribution is 6.16. The first kappa shape index (κ1) is 13.2. The van der Waals surface area contributed by atoms with Crippen LogP contribution in [-0.4, -0.2) is 18.0 Å². The third-order valence-corrected chi connectivity index (χ3v) is 3.32. The van der Waals surface area contributed by atoms with Crippen LogP contribution in [0.4, 0.5) is 0 Å². The molecule has 4 nitrogen and oxygen atoms in total. The third-order valence-electron chi connectivity index (χ3n) is 3.32. The molecule has 1 aliphatic heterocycles. The fraction of sp³-hybridized carbons (Fsp3) is 0.118. The summed E-state index contributed by atoms with van der Waals surface area (Å²) in [5.41, 5.74) is 1.78. The first-order valence-corrected chi connectivity index (χ1v) is 6.51. The zero-order chi connectivity index (χ0) is 15.0. The van der Waals surface area contributed by atoms with E-state index in [9.17, 15) is 9.90 Å². The lowest BCUT2D eigenvalue weighted by Gasteiger charge is -2.04. The Morgan fingerprint density at radius 2 is 2.00 bits per heavy atom. The minimum Gasteiger partial charge on any atom is -0.507 e. The van der Waals surface area contributed by atoms with E-state index in [0.29, 0.717) is 11.5 Å². The van der Waals surface area contributed by atoms with Crippen LogP contribution in [-0.2, 0) is 0 Å². The van der Waals surface area contributed by atoms with Crippen LogP contribution in [0.1, 0.15) is 21.5 Å². The predicted octanol–water partition coefficient (Wildman–Crippen LogP) is 3.33. The molecule has 0 unspecified atom stereocenters. The Balaban J connectivity index is 2.05. The van der Waals surface area contributed by atoms with Crippen molar-refractivity contribution in [2.24, 2.45) is 0 Å². The van der Waals surface area contributed by atoms with Crippen LogP contribution in [0.15, 0.2) is 42.2 Å². The molecule has 0 radical (unpaired) electrons. The fourth-order valence-corrected chi connectivity index (χ4v) is 2.35. The molecule has 0 saturated carbocycles. The van der Waals surface area contributed by atoms with Gasteiger partial charge in [0.05, 0.1) is 7.11 Å². The molecule has 3 rings (SSSR count). The number of ether oxygens (including phenoxy) is 2. The van der Waals surface area contributed by atoms with Gasteiger partial charge in [-0.2, -0.15) is 0 Å². The minimum absolute atomic E-state index is 0.0570. The van der Waals surface area contributed by atoms with Crippen molar-refractivity contribution < 1.29 is 19.4 Å². The van der Waals surface area contributed by atoms with E-state index in [1.807, 2.05) is 25.1 Å². The van der Waals surface area contributed by atoms with E-state index in [2.05, 4.69) is 0 Å². The number of allylic oxidation sites excluding steroid dienone is 1. The van der Waals surface area contributed by atoms with Crippen LogP contribution in [0.2, 0.25) is 0 Å². The lowest BCUT2D eigenvalue weighted by molar-refractivity contribution is 0.101. The van der Waals surface area contributed by atoms with Gasteiger partial charge in [0.2, 0.25) is 5.78 Å². The molecular weight excluding hydrogens is 268 g/mol. The van der Waals surface area contributed by atoms with E-state index >= 15 is 0 Å². The number of para-hydroxylation sites is 1. The normalized spacial score (nSPS) is 15.0. The second kappa shape index (κ2) is 4.98. The van der Waals surface area contributed by atoms with Crippen molar-refractivity contribution in [2.75, 3.05) is 7.11 Å². The summed E-state index contributed by atoms with van der Waals surface area (Å²) in [5, 5.41) is 9.91. The average molecular weight is 282 g/mol. The number of phenols is 1. The molecular formula is C17H14O4. The van der Waals surface area contributed by atoms with Crippen LogP contribution >= 0.6 is 0 Å². The number of ketones is 1. The van der Waals surface area contributed by atoms with Crippen molar-refractivity contribution in [2.45, 2.75) is 6.92 Å². The SMILES string of the molecule is COc1ccccc1/C=C1\Oc2cc(C)cc(O)c2C1=O. The predicted molar refractivity (Wildman–Crippen MR) is 78.8 cm³/mol. The van der Waals surface area contributed by atoms with Crippen molar-refractivity contribution in [3.63, 3.8) is 0 Å². The molecule has 0 saturated heterocycles. The number of benzene rings is 2. The standard InChI is InChI=1S/C17H14O4/c1-10-7-12(18)16-14(8-10)21-15(17(16)19)9-11-5-3-4-6-13(11)20-2/h3-9,18H,1-2H3/b15-9-. The van der Waals surface area contributed by atoms with Crippen LogP contribution in [0.25, 0.3) is 6.08 Å². The highest BCUT2D eigenvalue weighted by Crippen LogP contribution is 2.39. The number of methoxy groups -OCH3 is 1. The van der Waals surface area contributed by atoms with Crippen molar-refractivity contribution in [3.05, 3.63) is 58.8 Å². The molecule has 0 atom stereocenters. The average Bonchev–Trinajstić information content (AvgIpc) is 2.76. The van der Waals surface area contributed by atoms with E-state index in [0.717, 1.165) is 11.1 Å². The minimum atomic E-state index is -0.326.